The van der Waals surface area contributed by atoms with Gasteiger partial charge in [0.2, 0.25) is 0 Å². The molecule has 0 amide bonds. The van der Waals surface area contributed by atoms with E-state index in [0.29, 0.717) is 0 Å². The summed E-state index contributed by atoms with van der Waals surface area (Å²) in [4.78, 5) is 0. The first-order valence-corrected chi connectivity index (χ1v) is 7.26. The maximum atomic E-state index is 9.57. The molecule has 1 nitrogen and oxygen atoms in total. The van der Waals surface area contributed by atoms with Crippen LogP contribution in [0.5, 0.6) is 0 Å². The highest BCUT2D eigenvalue weighted by Gasteiger charge is 2.33. The van der Waals surface area contributed by atoms with Gasteiger partial charge < -0.3 is 0 Å². The number of hydrogen-bond donors (Lipinski definition) is 0. The van der Waals surface area contributed by atoms with Gasteiger partial charge in [-0.1, -0.05) is 57.8 Å². The molecule has 1 heteroatoms. The molecule has 0 unspecified atom stereocenters. The van der Waals surface area contributed by atoms with Gasteiger partial charge in [-0.2, -0.15) is 5.26 Å². The highest BCUT2D eigenvalue weighted by atomic mass is 14.4. The zero-order chi connectivity index (χ0) is 11.3. The molecule has 2 aliphatic rings. The smallest absolute Gasteiger partial charge is 0.0689 e. The van der Waals surface area contributed by atoms with Crippen LogP contribution >= 0.6 is 0 Å². The fourth-order valence-electron chi connectivity index (χ4n) is 3.71. The molecule has 2 rings (SSSR count). The summed E-state index contributed by atoms with van der Waals surface area (Å²) in [5.41, 5.74) is 0.0649. The summed E-state index contributed by atoms with van der Waals surface area (Å²) >= 11 is 0. The van der Waals surface area contributed by atoms with Gasteiger partial charge in [-0.15, -0.1) is 0 Å². The van der Waals surface area contributed by atoms with Crippen LogP contribution in [0.3, 0.4) is 0 Å². The highest BCUT2D eigenvalue weighted by Crippen LogP contribution is 2.43. The Hall–Kier alpha value is -0.510. The van der Waals surface area contributed by atoms with E-state index in [1.165, 1.54) is 77.0 Å². The van der Waals surface area contributed by atoms with Crippen LogP contribution in [0, 0.1) is 22.7 Å². The SMILES string of the molecule is N#CC1(CC2CCCC2)CCCCCCC1. The van der Waals surface area contributed by atoms with Gasteiger partial charge in [-0.25, -0.2) is 0 Å². The quantitative estimate of drug-likeness (QED) is 0.653. The molecule has 2 aliphatic carbocycles. The first kappa shape index (κ1) is 12.0. The summed E-state index contributed by atoms with van der Waals surface area (Å²) < 4.78 is 0. The van der Waals surface area contributed by atoms with E-state index in [-0.39, 0.29) is 5.41 Å². The lowest BCUT2D eigenvalue weighted by atomic mass is 9.71. The molecule has 0 spiro atoms. The monoisotopic (exact) mass is 219 g/mol. The lowest BCUT2D eigenvalue weighted by Crippen LogP contribution is -2.23. The minimum atomic E-state index is 0.0649. The van der Waals surface area contributed by atoms with Crippen molar-refractivity contribution in [3.8, 4) is 6.07 Å². The Kier molecular flexibility index (Phi) is 4.27. The Labute approximate surface area is 100 Å². The van der Waals surface area contributed by atoms with Crippen LogP contribution in [-0.2, 0) is 0 Å². The molecule has 0 aromatic heterocycles. The van der Waals surface area contributed by atoms with Crippen molar-refractivity contribution in [2.24, 2.45) is 11.3 Å². The highest BCUT2D eigenvalue weighted by molar-refractivity contribution is 5.00. The largest absolute Gasteiger partial charge is 0.198 e. The van der Waals surface area contributed by atoms with Crippen molar-refractivity contribution in [1.29, 1.82) is 5.26 Å². The maximum Gasteiger partial charge on any atom is 0.0689 e. The number of nitriles is 1. The van der Waals surface area contributed by atoms with E-state index in [9.17, 15) is 5.26 Å². The van der Waals surface area contributed by atoms with E-state index in [1.807, 2.05) is 0 Å². The van der Waals surface area contributed by atoms with Gasteiger partial charge in [0, 0.05) is 0 Å². The Morgan fingerprint density at radius 1 is 0.875 bits per heavy atom. The lowest BCUT2D eigenvalue weighted by Gasteiger charge is -2.31. The average Bonchev–Trinajstić information content (AvgIpc) is 2.75. The predicted octanol–water partition coefficient (Wildman–Crippen LogP) is 4.82. The molecule has 0 heterocycles. The Balaban J connectivity index is 1.95. The molecule has 2 saturated carbocycles. The molecule has 16 heavy (non-hydrogen) atoms. The molecule has 0 N–H and O–H groups in total. The van der Waals surface area contributed by atoms with E-state index in [1.54, 1.807) is 0 Å². The minimum absolute atomic E-state index is 0.0649. The predicted molar refractivity (Wildman–Crippen MR) is 66.9 cm³/mol. The van der Waals surface area contributed by atoms with E-state index in [4.69, 9.17) is 0 Å². The molecule has 2 fully saturated rings. The third-order valence-corrected chi connectivity index (χ3v) is 4.70. The van der Waals surface area contributed by atoms with Crippen molar-refractivity contribution in [3.63, 3.8) is 0 Å². The van der Waals surface area contributed by atoms with E-state index < -0.39 is 0 Å². The Morgan fingerprint density at radius 2 is 1.44 bits per heavy atom. The second kappa shape index (κ2) is 5.71. The summed E-state index contributed by atoms with van der Waals surface area (Å²) in [6.07, 6.45) is 15.9. The van der Waals surface area contributed by atoms with Gasteiger partial charge in [0.25, 0.3) is 0 Å². The minimum Gasteiger partial charge on any atom is -0.198 e. The third-order valence-electron chi connectivity index (χ3n) is 4.70. The van der Waals surface area contributed by atoms with Crippen LogP contribution in [0.25, 0.3) is 0 Å². The van der Waals surface area contributed by atoms with Crippen molar-refractivity contribution in [1.82, 2.24) is 0 Å². The molecule has 0 saturated heterocycles. The van der Waals surface area contributed by atoms with Crippen molar-refractivity contribution in [3.05, 3.63) is 0 Å². The van der Waals surface area contributed by atoms with Crippen molar-refractivity contribution in [2.75, 3.05) is 0 Å². The Bertz CT molecular complexity index is 237. The molecule has 0 bridgehead atoms. The summed E-state index contributed by atoms with van der Waals surface area (Å²) in [6, 6.07) is 2.71. The molecule has 0 radical (unpaired) electrons. The van der Waals surface area contributed by atoms with E-state index in [2.05, 4.69) is 6.07 Å². The molecule has 0 aromatic carbocycles. The van der Waals surface area contributed by atoms with Crippen LogP contribution in [0.4, 0.5) is 0 Å². The van der Waals surface area contributed by atoms with Crippen molar-refractivity contribution < 1.29 is 0 Å². The first-order valence-electron chi connectivity index (χ1n) is 7.26. The number of rotatable bonds is 2. The Morgan fingerprint density at radius 3 is 2.00 bits per heavy atom. The van der Waals surface area contributed by atoms with Gasteiger partial charge in [-0.3, -0.25) is 0 Å². The standard InChI is InChI=1S/C15H25N/c16-13-15(12-14-8-4-5-9-14)10-6-2-1-3-7-11-15/h14H,1-12H2. The fraction of sp³-hybridized carbons (Fsp3) is 0.933. The third kappa shape index (κ3) is 3.00. The zero-order valence-electron chi connectivity index (χ0n) is 10.5. The molecule has 0 aromatic rings. The van der Waals surface area contributed by atoms with Crippen molar-refractivity contribution >= 4 is 0 Å². The topological polar surface area (TPSA) is 23.8 Å². The van der Waals surface area contributed by atoms with Crippen LogP contribution in [0.2, 0.25) is 0 Å². The number of hydrogen-bond acceptors (Lipinski definition) is 1. The number of nitrogens with zero attached hydrogens (tertiary/aromatic N) is 1. The van der Waals surface area contributed by atoms with E-state index >= 15 is 0 Å². The van der Waals surface area contributed by atoms with Crippen LogP contribution in [0.15, 0.2) is 0 Å². The second-order valence-corrected chi connectivity index (χ2v) is 6.01. The first-order chi connectivity index (χ1) is 7.85. The average molecular weight is 219 g/mol. The second-order valence-electron chi connectivity index (χ2n) is 6.01. The molecular weight excluding hydrogens is 194 g/mol. The fourth-order valence-corrected chi connectivity index (χ4v) is 3.71. The summed E-state index contributed by atoms with van der Waals surface area (Å²) in [5, 5.41) is 9.57. The molecule has 0 aliphatic heterocycles. The normalized spacial score (nSPS) is 26.9. The summed E-state index contributed by atoms with van der Waals surface area (Å²) in [6.45, 7) is 0. The maximum absolute atomic E-state index is 9.57. The summed E-state index contributed by atoms with van der Waals surface area (Å²) in [5.74, 6) is 0.874. The summed E-state index contributed by atoms with van der Waals surface area (Å²) in [7, 11) is 0. The van der Waals surface area contributed by atoms with Crippen LogP contribution in [-0.4, -0.2) is 0 Å². The van der Waals surface area contributed by atoms with Crippen molar-refractivity contribution in [2.45, 2.75) is 77.0 Å². The van der Waals surface area contributed by atoms with Gasteiger partial charge >= 0.3 is 0 Å². The van der Waals surface area contributed by atoms with Gasteiger partial charge in [0.15, 0.2) is 0 Å². The van der Waals surface area contributed by atoms with Gasteiger partial charge in [0.05, 0.1) is 11.5 Å². The lowest BCUT2D eigenvalue weighted by molar-refractivity contribution is 0.227. The molecule has 0 atom stereocenters. The van der Waals surface area contributed by atoms with Crippen LogP contribution < -0.4 is 0 Å². The van der Waals surface area contributed by atoms with E-state index in [0.717, 1.165) is 5.92 Å². The molecular formula is C15H25N. The van der Waals surface area contributed by atoms with Crippen LogP contribution in [0.1, 0.15) is 77.0 Å². The van der Waals surface area contributed by atoms with Gasteiger partial charge in [-0.05, 0) is 25.2 Å². The van der Waals surface area contributed by atoms with Gasteiger partial charge in [0.1, 0.15) is 0 Å². The zero-order valence-corrected chi connectivity index (χ0v) is 10.5. The molecule has 90 valence electrons.